The number of aromatic hydroxyl groups is 2. The number of hydrogen-bond acceptors (Lipinski definition) is 5. The minimum Gasteiger partial charge on any atom is -0.508 e. The summed E-state index contributed by atoms with van der Waals surface area (Å²) in [5.41, 5.74) is 1.17. The Kier molecular flexibility index (Phi) is 4.32. The number of nitro groups is 1. The molecule has 7 heteroatoms. The molecule has 0 aromatic heterocycles. The van der Waals surface area contributed by atoms with Gasteiger partial charge in [0.1, 0.15) is 11.5 Å². The summed E-state index contributed by atoms with van der Waals surface area (Å²) in [7, 11) is 0. The van der Waals surface area contributed by atoms with E-state index in [0.717, 1.165) is 0 Å². The monoisotopic (exact) mass is 352 g/mol. The van der Waals surface area contributed by atoms with E-state index in [0.29, 0.717) is 15.7 Å². The Hall–Kier alpha value is -2.28. The van der Waals surface area contributed by atoms with Gasteiger partial charge in [0.05, 0.1) is 15.4 Å². The average molecular weight is 353 g/mol. The topological polar surface area (TPSA) is 95.6 Å². The molecule has 0 fully saturated rings. The fraction of sp³-hybridized carbons (Fsp3) is 0.143. The SMILES string of the molecule is CC(Nc1ccc([N+](=O)[O-])c(Br)c1)c1cc(O)ccc1O. The minimum atomic E-state index is -0.474. The highest BCUT2D eigenvalue weighted by atomic mass is 79.9. The van der Waals surface area contributed by atoms with Gasteiger partial charge in [-0.2, -0.15) is 0 Å². The molecule has 2 aromatic rings. The molecule has 2 rings (SSSR count). The van der Waals surface area contributed by atoms with Gasteiger partial charge in [-0.15, -0.1) is 0 Å². The van der Waals surface area contributed by atoms with Gasteiger partial charge < -0.3 is 15.5 Å². The molecule has 6 nitrogen and oxygen atoms in total. The Morgan fingerprint density at radius 3 is 2.57 bits per heavy atom. The average Bonchev–Trinajstić information content (AvgIpc) is 2.41. The first-order valence-corrected chi connectivity index (χ1v) is 6.90. The largest absolute Gasteiger partial charge is 0.508 e. The lowest BCUT2D eigenvalue weighted by molar-refractivity contribution is -0.385. The molecule has 0 saturated heterocycles. The van der Waals surface area contributed by atoms with Gasteiger partial charge in [-0.05, 0) is 53.2 Å². The molecule has 3 N–H and O–H groups in total. The van der Waals surface area contributed by atoms with Crippen LogP contribution in [0.4, 0.5) is 11.4 Å². The second-order valence-electron chi connectivity index (χ2n) is 4.53. The van der Waals surface area contributed by atoms with Crippen molar-refractivity contribution in [2.24, 2.45) is 0 Å². The van der Waals surface area contributed by atoms with Crippen molar-refractivity contribution in [3.05, 3.63) is 56.5 Å². The summed E-state index contributed by atoms with van der Waals surface area (Å²) in [6.07, 6.45) is 0. The highest BCUT2D eigenvalue weighted by Crippen LogP contribution is 2.32. The van der Waals surface area contributed by atoms with Gasteiger partial charge in [-0.3, -0.25) is 10.1 Å². The van der Waals surface area contributed by atoms with Crippen molar-refractivity contribution in [3.8, 4) is 11.5 Å². The Labute approximate surface area is 129 Å². The first-order chi connectivity index (χ1) is 9.88. The van der Waals surface area contributed by atoms with Crippen molar-refractivity contribution in [2.45, 2.75) is 13.0 Å². The lowest BCUT2D eigenvalue weighted by Gasteiger charge is -2.17. The van der Waals surface area contributed by atoms with E-state index in [1.165, 1.54) is 24.3 Å². The van der Waals surface area contributed by atoms with Gasteiger partial charge in [-0.25, -0.2) is 0 Å². The fourth-order valence-corrected chi connectivity index (χ4v) is 2.48. The van der Waals surface area contributed by atoms with E-state index < -0.39 is 4.92 Å². The van der Waals surface area contributed by atoms with Crippen LogP contribution in [0.1, 0.15) is 18.5 Å². The molecule has 0 amide bonds. The van der Waals surface area contributed by atoms with E-state index in [4.69, 9.17) is 0 Å². The maximum Gasteiger partial charge on any atom is 0.283 e. The van der Waals surface area contributed by atoms with Crippen molar-refractivity contribution in [2.75, 3.05) is 5.32 Å². The van der Waals surface area contributed by atoms with Crippen LogP contribution in [0.2, 0.25) is 0 Å². The second-order valence-corrected chi connectivity index (χ2v) is 5.39. The molecule has 0 aliphatic rings. The first-order valence-electron chi connectivity index (χ1n) is 6.11. The molecule has 2 aromatic carbocycles. The number of rotatable bonds is 4. The molecule has 110 valence electrons. The molecule has 1 unspecified atom stereocenters. The maximum atomic E-state index is 10.8. The Morgan fingerprint density at radius 2 is 1.95 bits per heavy atom. The highest BCUT2D eigenvalue weighted by molar-refractivity contribution is 9.10. The number of nitrogens with one attached hydrogen (secondary N) is 1. The van der Waals surface area contributed by atoms with E-state index in [9.17, 15) is 20.3 Å². The third-order valence-corrected chi connectivity index (χ3v) is 3.64. The maximum absolute atomic E-state index is 10.8. The van der Waals surface area contributed by atoms with E-state index in [-0.39, 0.29) is 23.2 Å². The smallest absolute Gasteiger partial charge is 0.283 e. The number of phenolic OH excluding ortho intramolecular Hbond substituents is 2. The van der Waals surface area contributed by atoms with Gasteiger partial charge in [0, 0.05) is 17.3 Å². The molecule has 21 heavy (non-hydrogen) atoms. The van der Waals surface area contributed by atoms with Crippen LogP contribution >= 0.6 is 15.9 Å². The summed E-state index contributed by atoms with van der Waals surface area (Å²) >= 11 is 3.15. The quantitative estimate of drug-likeness (QED) is 0.440. The third-order valence-electron chi connectivity index (χ3n) is 3.01. The van der Waals surface area contributed by atoms with Crippen molar-refractivity contribution >= 4 is 27.3 Å². The summed E-state index contributed by atoms with van der Waals surface area (Å²) in [5, 5.41) is 33.1. The molecular weight excluding hydrogens is 340 g/mol. The molecule has 1 atom stereocenters. The van der Waals surface area contributed by atoms with Crippen LogP contribution in [0.5, 0.6) is 11.5 Å². The Morgan fingerprint density at radius 1 is 1.24 bits per heavy atom. The normalized spacial score (nSPS) is 11.9. The number of hydrogen-bond donors (Lipinski definition) is 3. The number of phenols is 2. The number of benzene rings is 2. The standard InChI is InChI=1S/C14H13BrN2O4/c1-8(11-7-10(18)3-5-14(11)19)16-9-2-4-13(17(20)21)12(15)6-9/h2-8,16,18-19H,1H3. The summed E-state index contributed by atoms with van der Waals surface area (Å²) in [6, 6.07) is 8.55. The van der Waals surface area contributed by atoms with E-state index in [1.54, 1.807) is 12.1 Å². The zero-order valence-electron chi connectivity index (χ0n) is 11.1. The van der Waals surface area contributed by atoms with Crippen LogP contribution in [-0.4, -0.2) is 15.1 Å². The van der Waals surface area contributed by atoms with E-state index in [2.05, 4.69) is 21.2 Å². The number of halogens is 1. The molecule has 0 heterocycles. The van der Waals surface area contributed by atoms with Crippen molar-refractivity contribution in [1.82, 2.24) is 0 Å². The Bertz CT molecular complexity index is 691. The van der Waals surface area contributed by atoms with Crippen LogP contribution < -0.4 is 5.32 Å². The molecule has 0 bridgehead atoms. The summed E-state index contributed by atoms with van der Waals surface area (Å²) in [5.74, 6) is 0.120. The second kappa shape index (κ2) is 6.01. The predicted octanol–water partition coefficient (Wildman–Crippen LogP) is 3.94. The van der Waals surface area contributed by atoms with Gasteiger partial charge in [0.15, 0.2) is 0 Å². The van der Waals surface area contributed by atoms with E-state index >= 15 is 0 Å². The van der Waals surface area contributed by atoms with Gasteiger partial charge in [0.2, 0.25) is 0 Å². The van der Waals surface area contributed by atoms with Crippen molar-refractivity contribution < 1.29 is 15.1 Å². The van der Waals surface area contributed by atoms with Crippen molar-refractivity contribution in [3.63, 3.8) is 0 Å². The third kappa shape index (κ3) is 3.43. The zero-order valence-corrected chi connectivity index (χ0v) is 12.7. The molecule has 0 saturated carbocycles. The van der Waals surface area contributed by atoms with Gasteiger partial charge in [-0.1, -0.05) is 0 Å². The van der Waals surface area contributed by atoms with Gasteiger partial charge >= 0.3 is 0 Å². The van der Waals surface area contributed by atoms with Crippen LogP contribution in [0.3, 0.4) is 0 Å². The van der Waals surface area contributed by atoms with Crippen LogP contribution in [0.25, 0.3) is 0 Å². The number of anilines is 1. The lowest BCUT2D eigenvalue weighted by atomic mass is 10.1. The van der Waals surface area contributed by atoms with Crippen LogP contribution in [0.15, 0.2) is 40.9 Å². The molecule has 0 aliphatic carbocycles. The Balaban J connectivity index is 2.23. The zero-order chi connectivity index (χ0) is 15.6. The summed E-state index contributed by atoms with van der Waals surface area (Å²) in [6.45, 7) is 1.81. The fourth-order valence-electron chi connectivity index (χ4n) is 1.96. The highest BCUT2D eigenvalue weighted by Gasteiger charge is 2.15. The van der Waals surface area contributed by atoms with Crippen LogP contribution in [0, 0.1) is 10.1 Å². The van der Waals surface area contributed by atoms with E-state index in [1.807, 2.05) is 6.92 Å². The number of nitro benzene ring substituents is 1. The molecule has 0 aliphatic heterocycles. The number of nitrogens with zero attached hydrogens (tertiary/aromatic N) is 1. The molecule has 0 spiro atoms. The van der Waals surface area contributed by atoms with Crippen LogP contribution in [-0.2, 0) is 0 Å². The minimum absolute atomic E-state index is 0.0200. The molecule has 0 radical (unpaired) electrons. The molecular formula is C14H13BrN2O4. The van der Waals surface area contributed by atoms with Gasteiger partial charge in [0.25, 0.3) is 5.69 Å². The summed E-state index contributed by atoms with van der Waals surface area (Å²) in [4.78, 5) is 10.3. The first kappa shape index (κ1) is 15.1. The lowest BCUT2D eigenvalue weighted by Crippen LogP contribution is -2.07. The summed E-state index contributed by atoms with van der Waals surface area (Å²) < 4.78 is 0.366. The predicted molar refractivity (Wildman–Crippen MR) is 82.6 cm³/mol. The van der Waals surface area contributed by atoms with Crippen molar-refractivity contribution in [1.29, 1.82) is 0 Å².